The Labute approximate surface area is 103 Å². The van der Waals surface area contributed by atoms with Gasteiger partial charge in [0.15, 0.2) is 5.15 Å². The van der Waals surface area contributed by atoms with Crippen LogP contribution < -0.4 is 0 Å². The lowest BCUT2D eigenvalue weighted by Gasteiger charge is -2.02. The van der Waals surface area contributed by atoms with Crippen LogP contribution in [-0.2, 0) is 0 Å². The lowest BCUT2D eigenvalue weighted by atomic mass is 10.1. The van der Waals surface area contributed by atoms with Gasteiger partial charge in [0.05, 0.1) is 11.2 Å². The van der Waals surface area contributed by atoms with E-state index < -0.39 is 0 Å². The summed E-state index contributed by atoms with van der Waals surface area (Å²) >= 11 is 5.71. The Hall–Kier alpha value is -2.00. The number of aromatic nitrogens is 3. The molecule has 0 aliphatic heterocycles. The highest BCUT2D eigenvalue weighted by Crippen LogP contribution is 2.21. The molecule has 0 saturated carbocycles. The monoisotopic (exact) mass is 241 g/mol. The first-order chi connectivity index (χ1) is 8.33. The molecule has 0 fully saturated rings. The van der Waals surface area contributed by atoms with Crippen molar-refractivity contribution in [1.29, 1.82) is 0 Å². The number of fused-ring (bicyclic) bond motifs is 1. The molecular formula is C13H8ClN3. The Morgan fingerprint density at radius 2 is 1.88 bits per heavy atom. The van der Waals surface area contributed by atoms with E-state index in [9.17, 15) is 0 Å². The van der Waals surface area contributed by atoms with Crippen LogP contribution in [0.2, 0.25) is 5.15 Å². The average Bonchev–Trinajstić information content (AvgIpc) is 2.39. The minimum absolute atomic E-state index is 0.399. The fourth-order valence-electron chi connectivity index (χ4n) is 1.70. The zero-order chi connectivity index (χ0) is 11.7. The highest BCUT2D eigenvalue weighted by molar-refractivity contribution is 6.29. The summed E-state index contributed by atoms with van der Waals surface area (Å²) in [5.41, 5.74) is 2.79. The van der Waals surface area contributed by atoms with Crippen molar-refractivity contribution in [3.05, 3.63) is 53.8 Å². The van der Waals surface area contributed by atoms with Gasteiger partial charge in [-0.25, -0.2) is 0 Å². The van der Waals surface area contributed by atoms with Crippen molar-refractivity contribution in [2.45, 2.75) is 0 Å². The van der Waals surface area contributed by atoms with Crippen LogP contribution in [0.4, 0.5) is 0 Å². The summed E-state index contributed by atoms with van der Waals surface area (Å²) in [7, 11) is 0. The molecule has 3 aromatic rings. The van der Waals surface area contributed by atoms with Gasteiger partial charge in [0.2, 0.25) is 0 Å². The lowest BCUT2D eigenvalue weighted by molar-refractivity contribution is 1.04. The molecule has 17 heavy (non-hydrogen) atoms. The molecule has 0 atom stereocenters. The molecule has 2 heterocycles. The molecule has 0 radical (unpaired) electrons. The van der Waals surface area contributed by atoms with Gasteiger partial charge in [-0.15, -0.1) is 10.2 Å². The van der Waals surface area contributed by atoms with Gasteiger partial charge >= 0.3 is 0 Å². The summed E-state index contributed by atoms with van der Waals surface area (Å²) in [6.07, 6.45) is 1.78. The first-order valence-electron chi connectivity index (χ1n) is 5.17. The summed E-state index contributed by atoms with van der Waals surface area (Å²) in [6, 6.07) is 13.5. The summed E-state index contributed by atoms with van der Waals surface area (Å²) in [5, 5.41) is 9.37. The normalized spacial score (nSPS) is 10.6. The zero-order valence-corrected chi connectivity index (χ0v) is 9.59. The van der Waals surface area contributed by atoms with Crippen LogP contribution in [0.1, 0.15) is 0 Å². The summed E-state index contributed by atoms with van der Waals surface area (Å²) in [5.74, 6) is 0. The van der Waals surface area contributed by atoms with Gasteiger partial charge < -0.3 is 0 Å². The molecule has 0 N–H and O–H groups in total. The molecule has 82 valence electrons. The van der Waals surface area contributed by atoms with Crippen LogP contribution in [0.25, 0.3) is 22.2 Å². The van der Waals surface area contributed by atoms with E-state index in [0.29, 0.717) is 5.15 Å². The van der Waals surface area contributed by atoms with Crippen LogP contribution >= 0.6 is 11.6 Å². The van der Waals surface area contributed by atoms with Crippen LogP contribution in [-0.4, -0.2) is 15.2 Å². The third-order valence-electron chi connectivity index (χ3n) is 2.53. The van der Waals surface area contributed by atoms with Gasteiger partial charge in [0.1, 0.15) is 0 Å². The second-order valence-corrected chi connectivity index (χ2v) is 4.04. The van der Waals surface area contributed by atoms with Crippen LogP contribution in [0.5, 0.6) is 0 Å². The first kappa shape index (κ1) is 10.2. The number of nitrogens with zero attached hydrogens (tertiary/aromatic N) is 3. The Morgan fingerprint density at radius 1 is 0.941 bits per heavy atom. The minimum atomic E-state index is 0.399. The number of hydrogen-bond acceptors (Lipinski definition) is 3. The molecule has 3 nitrogen and oxygen atoms in total. The van der Waals surface area contributed by atoms with Crippen molar-refractivity contribution < 1.29 is 0 Å². The van der Waals surface area contributed by atoms with E-state index in [-0.39, 0.29) is 0 Å². The molecule has 0 aliphatic carbocycles. The van der Waals surface area contributed by atoms with Gasteiger partial charge in [0.25, 0.3) is 0 Å². The van der Waals surface area contributed by atoms with Gasteiger partial charge in [0, 0.05) is 17.1 Å². The maximum absolute atomic E-state index is 5.71. The van der Waals surface area contributed by atoms with E-state index in [1.54, 1.807) is 12.3 Å². The molecule has 0 saturated heterocycles. The quantitative estimate of drug-likeness (QED) is 0.656. The van der Waals surface area contributed by atoms with E-state index in [0.717, 1.165) is 22.2 Å². The largest absolute Gasteiger partial charge is 0.256 e. The maximum Gasteiger partial charge on any atom is 0.151 e. The van der Waals surface area contributed by atoms with Crippen molar-refractivity contribution in [1.82, 2.24) is 15.2 Å². The zero-order valence-electron chi connectivity index (χ0n) is 8.84. The second kappa shape index (κ2) is 4.11. The van der Waals surface area contributed by atoms with Crippen molar-refractivity contribution in [2.75, 3.05) is 0 Å². The molecule has 1 aromatic carbocycles. The van der Waals surface area contributed by atoms with Crippen LogP contribution in [0, 0.1) is 0 Å². The SMILES string of the molecule is Clc1ccc(-c2ccc3ncccc3c2)nn1. The van der Waals surface area contributed by atoms with Gasteiger partial charge in [-0.1, -0.05) is 23.7 Å². The Balaban J connectivity index is 2.14. The second-order valence-electron chi connectivity index (χ2n) is 3.65. The van der Waals surface area contributed by atoms with E-state index in [4.69, 9.17) is 11.6 Å². The maximum atomic E-state index is 5.71. The molecule has 0 spiro atoms. The highest BCUT2D eigenvalue weighted by atomic mass is 35.5. The molecule has 0 amide bonds. The summed E-state index contributed by atoms with van der Waals surface area (Å²) in [4.78, 5) is 4.27. The number of rotatable bonds is 1. The van der Waals surface area contributed by atoms with Gasteiger partial charge in [-0.2, -0.15) is 0 Å². The molecule has 4 heteroatoms. The smallest absolute Gasteiger partial charge is 0.151 e. The van der Waals surface area contributed by atoms with E-state index in [1.165, 1.54) is 0 Å². The van der Waals surface area contributed by atoms with E-state index in [2.05, 4.69) is 15.2 Å². The number of hydrogen-bond donors (Lipinski definition) is 0. The molecular weight excluding hydrogens is 234 g/mol. The highest BCUT2D eigenvalue weighted by Gasteiger charge is 2.02. The Morgan fingerprint density at radius 3 is 2.71 bits per heavy atom. The fourth-order valence-corrected chi connectivity index (χ4v) is 1.81. The third kappa shape index (κ3) is 1.97. The number of halogens is 1. The van der Waals surface area contributed by atoms with Crippen molar-refractivity contribution >= 4 is 22.5 Å². The standard InChI is InChI=1S/C13H8ClN3/c14-13-6-5-12(16-17-13)10-3-4-11-9(8-10)2-1-7-15-11/h1-8H. The lowest BCUT2D eigenvalue weighted by Crippen LogP contribution is -1.87. The average molecular weight is 242 g/mol. The molecule has 3 rings (SSSR count). The van der Waals surface area contributed by atoms with E-state index in [1.807, 2.05) is 36.4 Å². The van der Waals surface area contributed by atoms with Crippen LogP contribution in [0.3, 0.4) is 0 Å². The fraction of sp³-hybridized carbons (Fsp3) is 0. The summed E-state index contributed by atoms with van der Waals surface area (Å²) in [6.45, 7) is 0. The molecule has 2 aromatic heterocycles. The Kier molecular flexibility index (Phi) is 2.46. The van der Waals surface area contributed by atoms with Crippen molar-refractivity contribution in [3.8, 4) is 11.3 Å². The Bertz CT molecular complexity index is 665. The summed E-state index contributed by atoms with van der Waals surface area (Å²) < 4.78 is 0. The topological polar surface area (TPSA) is 38.7 Å². The van der Waals surface area contributed by atoms with Crippen molar-refractivity contribution in [2.24, 2.45) is 0 Å². The number of pyridine rings is 1. The number of benzene rings is 1. The molecule has 0 bridgehead atoms. The van der Waals surface area contributed by atoms with Gasteiger partial charge in [-0.05, 0) is 30.3 Å². The van der Waals surface area contributed by atoms with Crippen molar-refractivity contribution in [3.63, 3.8) is 0 Å². The predicted octanol–water partition coefficient (Wildman–Crippen LogP) is 3.35. The predicted molar refractivity (Wildman–Crippen MR) is 67.8 cm³/mol. The van der Waals surface area contributed by atoms with Gasteiger partial charge in [-0.3, -0.25) is 4.98 Å². The third-order valence-corrected chi connectivity index (χ3v) is 2.73. The minimum Gasteiger partial charge on any atom is -0.256 e. The van der Waals surface area contributed by atoms with Crippen LogP contribution in [0.15, 0.2) is 48.7 Å². The molecule has 0 aliphatic rings. The first-order valence-corrected chi connectivity index (χ1v) is 5.55. The molecule has 0 unspecified atom stereocenters. The van der Waals surface area contributed by atoms with E-state index >= 15 is 0 Å².